The molecule has 0 N–H and O–H groups in total. The highest BCUT2D eigenvalue weighted by Gasteiger charge is 2.26. The molecule has 2 aromatic rings. The van der Waals surface area contributed by atoms with Crippen LogP contribution in [0, 0.1) is 5.92 Å². The van der Waals surface area contributed by atoms with Gasteiger partial charge >= 0.3 is 0 Å². The Bertz CT molecular complexity index is 800. The summed E-state index contributed by atoms with van der Waals surface area (Å²) in [5.41, 5.74) is 2.78. The molecule has 1 aliphatic carbocycles. The number of thioether (sulfide) groups is 1. The van der Waals surface area contributed by atoms with Gasteiger partial charge in [0.2, 0.25) is 10.4 Å². The Labute approximate surface area is 164 Å². The molecule has 1 aliphatic rings. The van der Waals surface area contributed by atoms with Gasteiger partial charge in [0.1, 0.15) is 0 Å². The van der Waals surface area contributed by atoms with Crippen molar-refractivity contribution in [1.29, 1.82) is 0 Å². The summed E-state index contributed by atoms with van der Waals surface area (Å²) in [5, 5.41) is 0. The van der Waals surface area contributed by atoms with Crippen LogP contribution in [0.15, 0.2) is 53.4 Å². The van der Waals surface area contributed by atoms with Crippen molar-refractivity contribution in [1.82, 2.24) is 0 Å². The fraction of sp³-hybridized carbons (Fsp3) is 0.333. The van der Waals surface area contributed by atoms with Crippen molar-refractivity contribution in [3.8, 4) is 11.1 Å². The average Bonchev–Trinajstić information content (AvgIpc) is 2.67. The van der Waals surface area contributed by atoms with E-state index in [1.54, 1.807) is 4.90 Å². The monoisotopic (exact) mass is 385 g/mol. The summed E-state index contributed by atoms with van der Waals surface area (Å²) in [4.78, 5) is 27.1. The maximum atomic E-state index is 13.0. The SMILES string of the molecule is CN(C(=O)C1CCCCC1)c1ccccc1-c1ccccc1SC(=O)S. The largest absolute Gasteiger partial charge is 0.315 e. The first-order valence-corrected chi connectivity index (χ1v) is 10.2. The molecule has 0 radical (unpaired) electrons. The molecule has 0 unspecified atom stereocenters. The highest BCUT2D eigenvalue weighted by Crippen LogP contribution is 2.38. The van der Waals surface area contributed by atoms with E-state index in [-0.39, 0.29) is 16.3 Å². The van der Waals surface area contributed by atoms with Crippen molar-refractivity contribution in [2.24, 2.45) is 5.92 Å². The van der Waals surface area contributed by atoms with Gasteiger partial charge in [-0.2, -0.15) is 0 Å². The Hall–Kier alpha value is -1.72. The lowest BCUT2D eigenvalue weighted by Crippen LogP contribution is -2.34. The van der Waals surface area contributed by atoms with E-state index < -0.39 is 0 Å². The van der Waals surface area contributed by atoms with Gasteiger partial charge in [0.15, 0.2) is 0 Å². The topological polar surface area (TPSA) is 37.4 Å². The first-order valence-electron chi connectivity index (χ1n) is 8.94. The van der Waals surface area contributed by atoms with Crippen molar-refractivity contribution in [2.45, 2.75) is 37.0 Å². The molecule has 1 amide bonds. The van der Waals surface area contributed by atoms with E-state index in [1.165, 1.54) is 6.42 Å². The number of para-hydroxylation sites is 1. The number of benzene rings is 2. The van der Waals surface area contributed by atoms with Crippen LogP contribution < -0.4 is 4.90 Å². The van der Waals surface area contributed by atoms with Crippen LogP contribution >= 0.6 is 24.4 Å². The molecule has 0 aromatic heterocycles. The fourth-order valence-corrected chi connectivity index (χ4v) is 4.53. The summed E-state index contributed by atoms with van der Waals surface area (Å²) in [5.74, 6) is 0.304. The zero-order valence-electron chi connectivity index (χ0n) is 14.9. The normalized spacial score (nSPS) is 14.8. The molecule has 2 aromatic carbocycles. The van der Waals surface area contributed by atoms with Crippen molar-refractivity contribution >= 4 is 40.4 Å². The maximum Gasteiger partial charge on any atom is 0.247 e. The minimum Gasteiger partial charge on any atom is -0.315 e. The van der Waals surface area contributed by atoms with Crippen molar-refractivity contribution in [3.05, 3.63) is 48.5 Å². The van der Waals surface area contributed by atoms with Gasteiger partial charge in [-0.25, -0.2) is 0 Å². The van der Waals surface area contributed by atoms with Gasteiger partial charge in [0.25, 0.3) is 0 Å². The first-order chi connectivity index (χ1) is 12.6. The number of carbonyl (C=O) groups is 2. The van der Waals surface area contributed by atoms with Crippen LogP contribution in [-0.4, -0.2) is 17.4 Å². The first kappa shape index (κ1) is 19.1. The van der Waals surface area contributed by atoms with E-state index >= 15 is 0 Å². The van der Waals surface area contributed by atoms with Gasteiger partial charge in [-0.1, -0.05) is 68.3 Å². The predicted octanol–water partition coefficient (Wildman–Crippen LogP) is 6.04. The highest BCUT2D eigenvalue weighted by molar-refractivity contribution is 8.32. The second-order valence-corrected chi connectivity index (χ2v) is 8.34. The number of hydrogen-bond acceptors (Lipinski definition) is 3. The van der Waals surface area contributed by atoms with Crippen molar-refractivity contribution < 1.29 is 9.59 Å². The van der Waals surface area contributed by atoms with Crippen LogP contribution in [0.2, 0.25) is 0 Å². The third-order valence-corrected chi connectivity index (χ3v) is 5.95. The lowest BCUT2D eigenvalue weighted by molar-refractivity contribution is -0.123. The fourth-order valence-electron chi connectivity index (χ4n) is 3.61. The molecule has 0 heterocycles. The van der Waals surface area contributed by atoms with Gasteiger partial charge in [0, 0.05) is 23.4 Å². The molecule has 0 atom stereocenters. The van der Waals surface area contributed by atoms with Gasteiger partial charge in [0.05, 0.1) is 5.69 Å². The van der Waals surface area contributed by atoms with Crippen LogP contribution in [-0.2, 0) is 4.79 Å². The number of hydrogen-bond donors (Lipinski definition) is 1. The number of nitrogens with zero attached hydrogens (tertiary/aromatic N) is 1. The molecule has 3 nitrogen and oxygen atoms in total. The summed E-state index contributed by atoms with van der Waals surface area (Å²) in [6.07, 6.45) is 5.45. The number of rotatable bonds is 4. The Morgan fingerprint density at radius 2 is 1.58 bits per heavy atom. The molecule has 1 saturated carbocycles. The van der Waals surface area contributed by atoms with E-state index in [0.717, 1.165) is 59.2 Å². The van der Waals surface area contributed by atoms with E-state index in [1.807, 2.05) is 55.6 Å². The quantitative estimate of drug-likeness (QED) is 0.515. The van der Waals surface area contributed by atoms with Crippen LogP contribution in [0.3, 0.4) is 0 Å². The molecule has 136 valence electrons. The van der Waals surface area contributed by atoms with Gasteiger partial charge in [-0.15, -0.1) is 0 Å². The van der Waals surface area contributed by atoms with E-state index in [0.29, 0.717) is 0 Å². The molecular formula is C21H23NO2S2. The summed E-state index contributed by atoms with van der Waals surface area (Å²) in [6, 6.07) is 15.6. The number of amides is 1. The molecule has 26 heavy (non-hydrogen) atoms. The molecule has 0 bridgehead atoms. The van der Waals surface area contributed by atoms with Gasteiger partial charge in [-0.3, -0.25) is 9.59 Å². The van der Waals surface area contributed by atoms with E-state index in [9.17, 15) is 9.59 Å². The lowest BCUT2D eigenvalue weighted by Gasteiger charge is -2.28. The zero-order valence-corrected chi connectivity index (χ0v) is 16.6. The van der Waals surface area contributed by atoms with E-state index in [2.05, 4.69) is 12.6 Å². The molecule has 5 heteroatoms. The number of anilines is 1. The highest BCUT2D eigenvalue weighted by atomic mass is 32.2. The smallest absolute Gasteiger partial charge is 0.247 e. The Balaban J connectivity index is 1.96. The van der Waals surface area contributed by atoms with Crippen molar-refractivity contribution in [3.63, 3.8) is 0 Å². The predicted molar refractivity (Wildman–Crippen MR) is 112 cm³/mol. The standard InChI is InChI=1S/C21H23NO2S2/c1-22(20(23)15-9-3-2-4-10-15)18-13-7-5-11-16(18)17-12-6-8-14-19(17)26-21(24)25/h5-8,11-15H,2-4,9-10H2,1H3,(H,24,25). The van der Waals surface area contributed by atoms with Crippen molar-refractivity contribution in [2.75, 3.05) is 11.9 Å². The minimum absolute atomic E-state index is 0.116. The van der Waals surface area contributed by atoms with Crippen LogP contribution in [0.25, 0.3) is 11.1 Å². The van der Waals surface area contributed by atoms with Gasteiger partial charge in [-0.05, 0) is 42.3 Å². The lowest BCUT2D eigenvalue weighted by atomic mass is 9.88. The van der Waals surface area contributed by atoms with Gasteiger partial charge < -0.3 is 4.90 Å². The molecule has 0 aliphatic heterocycles. The zero-order chi connectivity index (χ0) is 18.5. The van der Waals surface area contributed by atoms with Crippen LogP contribution in [0.5, 0.6) is 0 Å². The average molecular weight is 386 g/mol. The number of thiol groups is 1. The molecule has 0 spiro atoms. The maximum absolute atomic E-state index is 13.0. The Morgan fingerprint density at radius 1 is 0.962 bits per heavy atom. The summed E-state index contributed by atoms with van der Waals surface area (Å²) in [7, 11) is 1.86. The summed E-state index contributed by atoms with van der Waals surface area (Å²) < 4.78 is -0.249. The molecule has 1 fully saturated rings. The molecule has 0 saturated heterocycles. The Kier molecular flexibility index (Phi) is 6.43. The Morgan fingerprint density at radius 3 is 2.27 bits per heavy atom. The third-order valence-electron chi connectivity index (χ3n) is 4.92. The van der Waals surface area contributed by atoms with E-state index in [4.69, 9.17) is 0 Å². The summed E-state index contributed by atoms with van der Waals surface area (Å²) >= 11 is 5.00. The third kappa shape index (κ3) is 4.33. The van der Waals surface area contributed by atoms with Crippen LogP contribution in [0.4, 0.5) is 10.5 Å². The molecular weight excluding hydrogens is 362 g/mol. The minimum atomic E-state index is -0.249. The molecule has 3 rings (SSSR count). The number of carbonyl (C=O) groups excluding carboxylic acids is 2. The second-order valence-electron chi connectivity index (χ2n) is 6.61. The summed E-state index contributed by atoms with van der Waals surface area (Å²) in [6.45, 7) is 0. The van der Waals surface area contributed by atoms with Crippen LogP contribution in [0.1, 0.15) is 32.1 Å². The second kappa shape index (κ2) is 8.78.